The lowest BCUT2D eigenvalue weighted by Gasteiger charge is -2.10. The first-order chi connectivity index (χ1) is 15.7. The summed E-state index contributed by atoms with van der Waals surface area (Å²) in [4.78, 5) is 25.4. The number of fused-ring (bicyclic) bond motifs is 1. The van der Waals surface area contributed by atoms with Crippen LogP contribution >= 0.6 is 0 Å². The molecular weight excluding hydrogens is 406 g/mol. The van der Waals surface area contributed by atoms with E-state index in [2.05, 4.69) is 27.2 Å². The Bertz CT molecular complexity index is 1160. The van der Waals surface area contributed by atoms with Crippen molar-refractivity contribution in [1.29, 1.82) is 0 Å². The van der Waals surface area contributed by atoms with E-state index in [1.165, 1.54) is 6.08 Å². The number of carbonyl (C=O) groups is 1. The first-order valence-electron chi connectivity index (χ1n) is 10.1. The van der Waals surface area contributed by atoms with E-state index in [1.54, 1.807) is 13.3 Å². The van der Waals surface area contributed by atoms with Gasteiger partial charge in [0, 0.05) is 35.8 Å². The number of hydrogen-bond donors (Lipinski definition) is 2. The third-order valence-electron chi connectivity index (χ3n) is 4.75. The van der Waals surface area contributed by atoms with Crippen molar-refractivity contribution in [3.05, 3.63) is 84.2 Å². The molecule has 162 valence electrons. The largest absolute Gasteiger partial charge is 0.491 e. The monoisotopic (exact) mass is 429 g/mol. The van der Waals surface area contributed by atoms with Crippen LogP contribution in [-0.2, 0) is 16.1 Å². The van der Waals surface area contributed by atoms with Gasteiger partial charge in [0.1, 0.15) is 12.4 Å². The number of ether oxygens (including phenoxy) is 2. The third-order valence-corrected chi connectivity index (χ3v) is 4.75. The molecule has 1 aromatic heterocycles. The van der Waals surface area contributed by atoms with Crippen LogP contribution in [0.15, 0.2) is 72.4 Å². The average molecular weight is 429 g/mol. The second-order valence-electron chi connectivity index (χ2n) is 7.00. The standard InChI is InChI=1S/C24H23N5O3/c1-3-21(30)27-19-6-4-5-16(13-19)22-23-17(14-25-22)15-26-24(29-23)28-18-7-9-20(10-8-18)32-12-11-31-2/h3-10,13,15H,1,11-12,14H2,2H3,(H,27,30)(H,26,28,29). The van der Waals surface area contributed by atoms with Gasteiger partial charge in [-0.3, -0.25) is 9.79 Å². The van der Waals surface area contributed by atoms with E-state index in [9.17, 15) is 4.79 Å². The van der Waals surface area contributed by atoms with Gasteiger partial charge >= 0.3 is 0 Å². The molecule has 0 saturated carbocycles. The highest BCUT2D eigenvalue weighted by Gasteiger charge is 2.21. The van der Waals surface area contributed by atoms with Crippen molar-refractivity contribution in [2.24, 2.45) is 4.99 Å². The molecule has 1 aliphatic rings. The van der Waals surface area contributed by atoms with Gasteiger partial charge in [0.15, 0.2) is 0 Å². The molecule has 2 heterocycles. The Balaban J connectivity index is 1.50. The minimum absolute atomic E-state index is 0.264. The molecule has 0 aliphatic carbocycles. The minimum Gasteiger partial charge on any atom is -0.491 e. The maximum absolute atomic E-state index is 11.6. The summed E-state index contributed by atoms with van der Waals surface area (Å²) in [5, 5.41) is 5.99. The van der Waals surface area contributed by atoms with Crippen molar-refractivity contribution >= 4 is 28.9 Å². The minimum atomic E-state index is -0.264. The predicted molar refractivity (Wildman–Crippen MR) is 124 cm³/mol. The normalized spacial score (nSPS) is 12.0. The fourth-order valence-electron chi connectivity index (χ4n) is 3.20. The number of nitrogens with zero attached hydrogens (tertiary/aromatic N) is 3. The molecule has 0 fully saturated rings. The van der Waals surface area contributed by atoms with Crippen LogP contribution in [0.25, 0.3) is 0 Å². The van der Waals surface area contributed by atoms with Crippen LogP contribution in [0, 0.1) is 0 Å². The molecule has 1 amide bonds. The fraction of sp³-hybridized carbons (Fsp3) is 0.167. The van der Waals surface area contributed by atoms with E-state index in [0.717, 1.165) is 34.0 Å². The number of aliphatic imine (C=N–C) groups is 1. The van der Waals surface area contributed by atoms with Crippen molar-refractivity contribution in [3.63, 3.8) is 0 Å². The number of amides is 1. The summed E-state index contributed by atoms with van der Waals surface area (Å²) in [6.45, 7) is 5.03. The first-order valence-corrected chi connectivity index (χ1v) is 10.1. The van der Waals surface area contributed by atoms with Gasteiger partial charge in [0.05, 0.1) is 24.6 Å². The van der Waals surface area contributed by atoms with E-state index in [-0.39, 0.29) is 5.91 Å². The Morgan fingerprint density at radius 3 is 2.78 bits per heavy atom. The van der Waals surface area contributed by atoms with Crippen LogP contribution in [-0.4, -0.2) is 41.9 Å². The zero-order chi connectivity index (χ0) is 22.3. The number of nitrogens with one attached hydrogen (secondary N) is 2. The van der Waals surface area contributed by atoms with Gasteiger partial charge in [-0.25, -0.2) is 9.97 Å². The maximum Gasteiger partial charge on any atom is 0.247 e. The van der Waals surface area contributed by atoms with Gasteiger partial charge in [-0.1, -0.05) is 18.7 Å². The summed E-state index contributed by atoms with van der Waals surface area (Å²) in [6, 6.07) is 15.0. The number of benzene rings is 2. The molecule has 1 aliphatic heterocycles. The maximum atomic E-state index is 11.6. The smallest absolute Gasteiger partial charge is 0.247 e. The Hall–Kier alpha value is -4.04. The number of rotatable bonds is 9. The van der Waals surface area contributed by atoms with E-state index in [4.69, 9.17) is 14.5 Å². The second kappa shape index (κ2) is 9.84. The van der Waals surface area contributed by atoms with Crippen LogP contribution in [0.3, 0.4) is 0 Å². The summed E-state index contributed by atoms with van der Waals surface area (Å²) < 4.78 is 10.6. The Morgan fingerprint density at radius 2 is 2.00 bits per heavy atom. The predicted octanol–water partition coefficient (Wildman–Crippen LogP) is 3.72. The van der Waals surface area contributed by atoms with E-state index in [1.807, 2.05) is 48.5 Å². The molecule has 8 heteroatoms. The Morgan fingerprint density at radius 1 is 1.16 bits per heavy atom. The Labute approximate surface area is 186 Å². The van der Waals surface area contributed by atoms with E-state index >= 15 is 0 Å². The van der Waals surface area contributed by atoms with Crippen LogP contribution in [0.2, 0.25) is 0 Å². The van der Waals surface area contributed by atoms with E-state index < -0.39 is 0 Å². The number of anilines is 3. The zero-order valence-electron chi connectivity index (χ0n) is 17.7. The highest BCUT2D eigenvalue weighted by molar-refractivity contribution is 6.14. The van der Waals surface area contributed by atoms with Crippen molar-refractivity contribution in [2.75, 3.05) is 31.0 Å². The van der Waals surface area contributed by atoms with Gasteiger partial charge < -0.3 is 20.1 Å². The molecule has 0 atom stereocenters. The van der Waals surface area contributed by atoms with Gasteiger partial charge in [-0.2, -0.15) is 0 Å². The summed E-state index contributed by atoms with van der Waals surface area (Å²) in [7, 11) is 1.64. The fourth-order valence-corrected chi connectivity index (χ4v) is 3.20. The van der Waals surface area contributed by atoms with Crippen molar-refractivity contribution < 1.29 is 14.3 Å². The number of aromatic nitrogens is 2. The van der Waals surface area contributed by atoms with Crippen molar-refractivity contribution in [2.45, 2.75) is 6.54 Å². The molecule has 0 bridgehead atoms. The molecule has 0 unspecified atom stereocenters. The molecule has 0 saturated heterocycles. The molecule has 0 radical (unpaired) electrons. The average Bonchev–Trinajstić information content (AvgIpc) is 3.24. The second-order valence-corrected chi connectivity index (χ2v) is 7.00. The highest BCUT2D eigenvalue weighted by atomic mass is 16.5. The summed E-state index contributed by atoms with van der Waals surface area (Å²) >= 11 is 0. The molecule has 4 rings (SSSR count). The van der Waals surface area contributed by atoms with Gasteiger partial charge in [0.2, 0.25) is 11.9 Å². The Kier molecular flexibility index (Phi) is 6.52. The lowest BCUT2D eigenvalue weighted by molar-refractivity contribution is -0.111. The quantitative estimate of drug-likeness (QED) is 0.397. The summed E-state index contributed by atoms with van der Waals surface area (Å²) in [5.41, 5.74) is 4.87. The lowest BCUT2D eigenvalue weighted by Crippen LogP contribution is -2.10. The van der Waals surface area contributed by atoms with Crippen LogP contribution in [0.1, 0.15) is 16.8 Å². The van der Waals surface area contributed by atoms with Gasteiger partial charge in [0.25, 0.3) is 0 Å². The highest BCUT2D eigenvalue weighted by Crippen LogP contribution is 2.25. The van der Waals surface area contributed by atoms with Crippen LogP contribution in [0.5, 0.6) is 5.75 Å². The molecular formula is C24H23N5O3. The summed E-state index contributed by atoms with van der Waals surface area (Å²) in [6.07, 6.45) is 3.02. The number of methoxy groups -OCH3 is 1. The third kappa shape index (κ3) is 4.98. The number of carbonyl (C=O) groups excluding carboxylic acids is 1. The van der Waals surface area contributed by atoms with Crippen LogP contribution in [0.4, 0.5) is 17.3 Å². The molecule has 2 aromatic carbocycles. The SMILES string of the molecule is C=CC(=O)Nc1cccc(C2=NCc3cnc(Nc4ccc(OCCOC)cc4)nc32)c1. The molecule has 8 nitrogen and oxygen atoms in total. The first kappa shape index (κ1) is 21.2. The summed E-state index contributed by atoms with van der Waals surface area (Å²) in [5.74, 6) is 0.975. The number of hydrogen-bond acceptors (Lipinski definition) is 7. The van der Waals surface area contributed by atoms with Gasteiger partial charge in [-0.05, 0) is 42.5 Å². The van der Waals surface area contributed by atoms with Crippen molar-refractivity contribution in [3.8, 4) is 5.75 Å². The van der Waals surface area contributed by atoms with Gasteiger partial charge in [-0.15, -0.1) is 0 Å². The van der Waals surface area contributed by atoms with Crippen LogP contribution < -0.4 is 15.4 Å². The molecule has 32 heavy (non-hydrogen) atoms. The zero-order valence-corrected chi connectivity index (χ0v) is 17.7. The van der Waals surface area contributed by atoms with E-state index in [0.29, 0.717) is 31.4 Å². The molecule has 3 aromatic rings. The lowest BCUT2D eigenvalue weighted by atomic mass is 10.1. The molecule has 0 spiro atoms. The topological polar surface area (TPSA) is 97.7 Å². The van der Waals surface area contributed by atoms with Crippen molar-refractivity contribution in [1.82, 2.24) is 9.97 Å². The molecule has 2 N–H and O–H groups in total.